The Kier molecular flexibility index (Phi) is 5.59. The van der Waals surface area contributed by atoms with Crippen molar-refractivity contribution in [2.24, 2.45) is 11.5 Å². The molecule has 108 valence electrons. The highest BCUT2D eigenvalue weighted by Gasteiger charge is 2.27. The third-order valence-electron chi connectivity index (χ3n) is 4.21. The molecule has 0 spiro atoms. The fourth-order valence-corrected chi connectivity index (χ4v) is 2.52. The van der Waals surface area contributed by atoms with Crippen molar-refractivity contribution in [2.75, 3.05) is 0 Å². The fraction of sp³-hybridized carbons (Fsp3) is 1.00. The highest BCUT2D eigenvalue weighted by atomic mass is 16.3. The Hall–Kier alpha value is -0.160. The third kappa shape index (κ3) is 6.14. The van der Waals surface area contributed by atoms with Gasteiger partial charge in [-0.2, -0.15) is 0 Å². The molecule has 18 heavy (non-hydrogen) atoms. The van der Waals surface area contributed by atoms with Crippen LogP contribution in [0.2, 0.25) is 0 Å². The summed E-state index contributed by atoms with van der Waals surface area (Å²) in [5.74, 6) is 0. The standard InChI is InChI=1S/2C7H15NO/c2*1-7(9)4-2-6(8)3-5-7/h2*6,9H,2-5,8H2,1H3. The molecule has 2 aliphatic rings. The zero-order valence-electron chi connectivity index (χ0n) is 11.9. The summed E-state index contributed by atoms with van der Waals surface area (Å²) in [4.78, 5) is 0. The van der Waals surface area contributed by atoms with E-state index >= 15 is 0 Å². The Balaban J connectivity index is 0.000000180. The molecule has 0 aromatic carbocycles. The predicted octanol–water partition coefficient (Wildman–Crippen LogP) is 1.28. The molecule has 2 rings (SSSR count). The summed E-state index contributed by atoms with van der Waals surface area (Å²) in [6, 6.07) is 0.676. The van der Waals surface area contributed by atoms with E-state index < -0.39 is 11.2 Å². The van der Waals surface area contributed by atoms with Crippen LogP contribution in [0.15, 0.2) is 0 Å². The van der Waals surface area contributed by atoms with Gasteiger partial charge in [-0.15, -0.1) is 0 Å². The summed E-state index contributed by atoms with van der Waals surface area (Å²) >= 11 is 0. The van der Waals surface area contributed by atoms with Gasteiger partial charge >= 0.3 is 0 Å². The largest absolute Gasteiger partial charge is 0.390 e. The molecule has 0 heterocycles. The van der Waals surface area contributed by atoms with Gasteiger partial charge in [-0.1, -0.05) is 0 Å². The highest BCUT2D eigenvalue weighted by molar-refractivity contribution is 4.83. The third-order valence-corrected chi connectivity index (χ3v) is 4.21. The second kappa shape index (κ2) is 6.33. The van der Waals surface area contributed by atoms with Gasteiger partial charge in [0.05, 0.1) is 11.2 Å². The number of hydrogen-bond donors (Lipinski definition) is 4. The van der Waals surface area contributed by atoms with Crippen LogP contribution in [0.4, 0.5) is 0 Å². The zero-order valence-corrected chi connectivity index (χ0v) is 11.9. The van der Waals surface area contributed by atoms with E-state index in [0.717, 1.165) is 51.4 Å². The van der Waals surface area contributed by atoms with E-state index in [4.69, 9.17) is 11.5 Å². The smallest absolute Gasteiger partial charge is 0.0621 e. The van der Waals surface area contributed by atoms with Crippen LogP contribution in [0.25, 0.3) is 0 Å². The zero-order chi connectivity index (χ0) is 13.8. The van der Waals surface area contributed by atoms with Crippen LogP contribution in [-0.4, -0.2) is 33.5 Å². The summed E-state index contributed by atoms with van der Waals surface area (Å²) in [5, 5.41) is 18.9. The first-order valence-corrected chi connectivity index (χ1v) is 7.16. The molecule has 4 heteroatoms. The number of aliphatic hydroxyl groups is 2. The van der Waals surface area contributed by atoms with Crippen molar-refractivity contribution < 1.29 is 10.2 Å². The molecule has 2 aliphatic carbocycles. The molecule has 0 saturated heterocycles. The molecule has 0 aromatic rings. The van der Waals surface area contributed by atoms with E-state index in [2.05, 4.69) is 0 Å². The van der Waals surface area contributed by atoms with E-state index in [9.17, 15) is 10.2 Å². The molecule has 0 aliphatic heterocycles. The van der Waals surface area contributed by atoms with Crippen LogP contribution in [0, 0.1) is 0 Å². The van der Waals surface area contributed by atoms with Gasteiger partial charge in [0.25, 0.3) is 0 Å². The Morgan fingerprint density at radius 3 is 1.11 bits per heavy atom. The first-order valence-electron chi connectivity index (χ1n) is 7.16. The van der Waals surface area contributed by atoms with Crippen LogP contribution >= 0.6 is 0 Å². The lowest BCUT2D eigenvalue weighted by Crippen LogP contribution is -2.36. The molecular weight excluding hydrogens is 228 g/mol. The molecule has 0 unspecified atom stereocenters. The van der Waals surface area contributed by atoms with E-state index in [-0.39, 0.29) is 0 Å². The summed E-state index contributed by atoms with van der Waals surface area (Å²) < 4.78 is 0. The van der Waals surface area contributed by atoms with E-state index in [0.29, 0.717) is 12.1 Å². The summed E-state index contributed by atoms with van der Waals surface area (Å²) in [5.41, 5.74) is 10.4. The molecule has 0 atom stereocenters. The summed E-state index contributed by atoms with van der Waals surface area (Å²) in [6.07, 6.45) is 7.39. The molecule has 0 aromatic heterocycles. The van der Waals surface area contributed by atoms with Gasteiger partial charge in [0, 0.05) is 12.1 Å². The second-order valence-corrected chi connectivity index (χ2v) is 6.67. The topological polar surface area (TPSA) is 92.5 Å². The minimum atomic E-state index is -0.421. The maximum atomic E-state index is 9.44. The molecule has 2 fully saturated rings. The molecule has 0 bridgehead atoms. The Bertz CT molecular complexity index is 208. The summed E-state index contributed by atoms with van der Waals surface area (Å²) in [7, 11) is 0. The van der Waals surface area contributed by atoms with Crippen molar-refractivity contribution in [3.8, 4) is 0 Å². The van der Waals surface area contributed by atoms with Gasteiger partial charge in [-0.05, 0) is 65.2 Å². The summed E-state index contributed by atoms with van der Waals surface area (Å²) in [6.45, 7) is 3.78. The quantitative estimate of drug-likeness (QED) is 0.526. The number of rotatable bonds is 0. The van der Waals surface area contributed by atoms with Gasteiger partial charge in [0.1, 0.15) is 0 Å². The van der Waals surface area contributed by atoms with Crippen molar-refractivity contribution in [3.05, 3.63) is 0 Å². The SMILES string of the molecule is CC1(O)CCC(N)CC1.CC1(O)CCC(N)CC1. The van der Waals surface area contributed by atoms with Crippen LogP contribution in [0.1, 0.15) is 65.2 Å². The Labute approximate surface area is 111 Å². The van der Waals surface area contributed by atoms with Crippen molar-refractivity contribution in [3.63, 3.8) is 0 Å². The molecule has 0 radical (unpaired) electrons. The van der Waals surface area contributed by atoms with Gasteiger partial charge < -0.3 is 21.7 Å². The Morgan fingerprint density at radius 1 is 0.722 bits per heavy atom. The van der Waals surface area contributed by atoms with Gasteiger partial charge in [0.15, 0.2) is 0 Å². The van der Waals surface area contributed by atoms with Crippen LogP contribution in [0.3, 0.4) is 0 Å². The van der Waals surface area contributed by atoms with Gasteiger partial charge in [0.2, 0.25) is 0 Å². The van der Waals surface area contributed by atoms with Crippen LogP contribution < -0.4 is 11.5 Å². The lowest BCUT2D eigenvalue weighted by atomic mass is 9.84. The Morgan fingerprint density at radius 2 is 0.944 bits per heavy atom. The first-order chi connectivity index (χ1) is 8.20. The number of hydrogen-bond acceptors (Lipinski definition) is 4. The average molecular weight is 258 g/mol. The van der Waals surface area contributed by atoms with E-state index in [1.54, 1.807) is 0 Å². The molecule has 2 saturated carbocycles. The van der Waals surface area contributed by atoms with Crippen molar-refractivity contribution >= 4 is 0 Å². The lowest BCUT2D eigenvalue weighted by Gasteiger charge is -2.30. The van der Waals surface area contributed by atoms with Gasteiger partial charge in [-0.25, -0.2) is 0 Å². The van der Waals surface area contributed by atoms with Gasteiger partial charge in [-0.3, -0.25) is 0 Å². The van der Waals surface area contributed by atoms with Crippen LogP contribution in [0.5, 0.6) is 0 Å². The first kappa shape index (κ1) is 15.9. The second-order valence-electron chi connectivity index (χ2n) is 6.67. The molecule has 0 amide bonds. The fourth-order valence-electron chi connectivity index (χ4n) is 2.52. The normalized spacial score (nSPS) is 45.0. The lowest BCUT2D eigenvalue weighted by molar-refractivity contribution is 0.0174. The van der Waals surface area contributed by atoms with Crippen molar-refractivity contribution in [2.45, 2.75) is 88.5 Å². The molecule has 6 N–H and O–H groups in total. The minimum Gasteiger partial charge on any atom is -0.390 e. The van der Waals surface area contributed by atoms with Crippen molar-refractivity contribution in [1.82, 2.24) is 0 Å². The number of nitrogens with two attached hydrogens (primary N) is 2. The molecular formula is C14H30N2O2. The van der Waals surface area contributed by atoms with Crippen LogP contribution in [-0.2, 0) is 0 Å². The van der Waals surface area contributed by atoms with E-state index in [1.807, 2.05) is 13.8 Å². The monoisotopic (exact) mass is 258 g/mol. The maximum Gasteiger partial charge on any atom is 0.0621 e. The molecule has 4 nitrogen and oxygen atoms in total. The average Bonchev–Trinajstić information content (AvgIpc) is 2.28. The van der Waals surface area contributed by atoms with E-state index in [1.165, 1.54) is 0 Å². The maximum absolute atomic E-state index is 9.44. The van der Waals surface area contributed by atoms with Crippen molar-refractivity contribution in [1.29, 1.82) is 0 Å². The minimum absolute atomic E-state index is 0.338. The predicted molar refractivity (Wildman–Crippen MR) is 74.1 cm³/mol. The highest BCUT2D eigenvalue weighted by Crippen LogP contribution is 2.26.